The summed E-state index contributed by atoms with van der Waals surface area (Å²) in [5, 5.41) is 6.34. The fraction of sp³-hybridized carbons (Fsp3) is 0.263. The van der Waals surface area contributed by atoms with Gasteiger partial charge in [0.15, 0.2) is 0 Å². The molecule has 0 fully saturated rings. The maximum Gasteiger partial charge on any atom is 0.291 e. The summed E-state index contributed by atoms with van der Waals surface area (Å²) in [6.07, 6.45) is 4.68. The maximum atomic E-state index is 12.5. The van der Waals surface area contributed by atoms with Gasteiger partial charge in [-0.1, -0.05) is 30.3 Å². The number of H-pyrrole nitrogens is 1. The first-order chi connectivity index (χ1) is 12.7. The van der Waals surface area contributed by atoms with Gasteiger partial charge in [-0.3, -0.25) is 14.7 Å². The van der Waals surface area contributed by atoms with Crippen LogP contribution in [0.4, 0.5) is 0 Å². The third-order valence-corrected chi connectivity index (χ3v) is 4.71. The molecule has 1 amide bonds. The van der Waals surface area contributed by atoms with Gasteiger partial charge in [-0.15, -0.1) is 0 Å². The Morgan fingerprint density at radius 2 is 2.04 bits per heavy atom. The monoisotopic (exact) mass is 349 g/mol. The van der Waals surface area contributed by atoms with Gasteiger partial charge in [0.05, 0.1) is 0 Å². The van der Waals surface area contributed by atoms with Gasteiger partial charge in [0, 0.05) is 31.9 Å². The van der Waals surface area contributed by atoms with Crippen LogP contribution in [0, 0.1) is 0 Å². The highest BCUT2D eigenvalue weighted by molar-refractivity contribution is 5.90. The zero-order chi connectivity index (χ0) is 17.9. The molecule has 0 saturated carbocycles. The Kier molecular flexibility index (Phi) is 4.35. The molecule has 1 aliphatic heterocycles. The number of carbonyl (C=O) groups excluding carboxylic acids is 1. The van der Waals surface area contributed by atoms with E-state index in [-0.39, 0.29) is 17.3 Å². The largest absolute Gasteiger partial charge is 0.331 e. The number of hydrogen-bond donors (Lipinski definition) is 1. The standard InChI is InChI=1S/C19H19N5O2/c25-17-10-15-7-9-24(19(26)18-20-13-21-22-18)12-16(15)11-23(17)8-6-14-4-2-1-3-5-14/h1-5,10-11,13H,6-9,12H2,(H,20,21,22). The van der Waals surface area contributed by atoms with E-state index in [4.69, 9.17) is 0 Å². The summed E-state index contributed by atoms with van der Waals surface area (Å²) >= 11 is 0. The van der Waals surface area contributed by atoms with Crippen molar-refractivity contribution in [1.82, 2.24) is 24.6 Å². The Balaban J connectivity index is 1.52. The molecule has 0 radical (unpaired) electrons. The molecule has 0 unspecified atom stereocenters. The molecule has 1 N–H and O–H groups in total. The number of aryl methyl sites for hydroxylation is 2. The highest BCUT2D eigenvalue weighted by Gasteiger charge is 2.24. The van der Waals surface area contributed by atoms with Crippen molar-refractivity contribution in [3.05, 3.63) is 81.8 Å². The minimum atomic E-state index is -0.171. The minimum Gasteiger partial charge on any atom is -0.331 e. The second-order valence-corrected chi connectivity index (χ2v) is 6.40. The van der Waals surface area contributed by atoms with Gasteiger partial charge in [-0.05, 0) is 29.5 Å². The fourth-order valence-electron chi connectivity index (χ4n) is 3.28. The van der Waals surface area contributed by atoms with Crippen molar-refractivity contribution < 1.29 is 4.79 Å². The number of nitrogens with zero attached hydrogens (tertiary/aromatic N) is 4. The first-order valence-corrected chi connectivity index (χ1v) is 8.61. The molecular weight excluding hydrogens is 330 g/mol. The van der Waals surface area contributed by atoms with Gasteiger partial charge in [-0.25, -0.2) is 4.98 Å². The van der Waals surface area contributed by atoms with Crippen LogP contribution in [0.3, 0.4) is 0 Å². The van der Waals surface area contributed by atoms with Crippen LogP contribution in [-0.4, -0.2) is 37.1 Å². The number of pyridine rings is 1. The lowest BCUT2D eigenvalue weighted by molar-refractivity contribution is 0.0722. The minimum absolute atomic E-state index is 0.00897. The van der Waals surface area contributed by atoms with Gasteiger partial charge in [0.25, 0.3) is 11.5 Å². The van der Waals surface area contributed by atoms with Crippen molar-refractivity contribution in [1.29, 1.82) is 0 Å². The van der Waals surface area contributed by atoms with E-state index in [1.54, 1.807) is 15.5 Å². The molecule has 3 heterocycles. The Labute approximate surface area is 150 Å². The molecule has 0 spiro atoms. The molecule has 7 nitrogen and oxygen atoms in total. The third-order valence-electron chi connectivity index (χ3n) is 4.71. The molecule has 132 valence electrons. The molecule has 2 aromatic heterocycles. The number of fused-ring (bicyclic) bond motifs is 1. The molecular formula is C19H19N5O2. The topological polar surface area (TPSA) is 83.9 Å². The van der Waals surface area contributed by atoms with Gasteiger partial charge in [0.1, 0.15) is 6.33 Å². The summed E-state index contributed by atoms with van der Waals surface area (Å²) in [5.41, 5.74) is 3.23. The zero-order valence-corrected chi connectivity index (χ0v) is 14.3. The zero-order valence-electron chi connectivity index (χ0n) is 14.3. The average Bonchev–Trinajstić information content (AvgIpc) is 3.21. The van der Waals surface area contributed by atoms with Crippen molar-refractivity contribution in [3.8, 4) is 0 Å². The molecule has 0 atom stereocenters. The van der Waals surface area contributed by atoms with Crippen LogP contribution < -0.4 is 5.56 Å². The number of nitrogens with one attached hydrogen (secondary N) is 1. The molecule has 4 rings (SSSR count). The van der Waals surface area contributed by atoms with E-state index in [2.05, 4.69) is 27.3 Å². The molecule has 7 heteroatoms. The summed E-state index contributed by atoms with van der Waals surface area (Å²) in [4.78, 5) is 30.5. The molecule has 1 aromatic carbocycles. The van der Waals surface area contributed by atoms with E-state index >= 15 is 0 Å². The summed E-state index contributed by atoms with van der Waals surface area (Å²) in [7, 11) is 0. The van der Waals surface area contributed by atoms with E-state index < -0.39 is 0 Å². The average molecular weight is 349 g/mol. The summed E-state index contributed by atoms with van der Waals surface area (Å²) in [5.74, 6) is 0.0704. The Hall–Kier alpha value is -3.22. The predicted molar refractivity (Wildman–Crippen MR) is 95.7 cm³/mol. The number of benzene rings is 1. The van der Waals surface area contributed by atoms with Gasteiger partial charge in [-0.2, -0.15) is 5.10 Å². The normalized spacial score (nSPS) is 13.5. The number of carbonyl (C=O) groups is 1. The summed E-state index contributed by atoms with van der Waals surface area (Å²) in [6.45, 7) is 1.66. The van der Waals surface area contributed by atoms with E-state index in [0.29, 0.717) is 26.1 Å². The van der Waals surface area contributed by atoms with Crippen molar-refractivity contribution in [2.45, 2.75) is 25.9 Å². The van der Waals surface area contributed by atoms with Crippen LogP contribution in [0.1, 0.15) is 27.3 Å². The van der Waals surface area contributed by atoms with Crippen LogP contribution in [0.2, 0.25) is 0 Å². The molecule has 1 aliphatic rings. The molecule has 3 aromatic rings. The van der Waals surface area contributed by atoms with Crippen molar-refractivity contribution in [2.24, 2.45) is 0 Å². The molecule has 0 aliphatic carbocycles. The number of aromatic nitrogens is 4. The quantitative estimate of drug-likeness (QED) is 0.772. The second kappa shape index (κ2) is 6.95. The van der Waals surface area contributed by atoms with Gasteiger partial charge >= 0.3 is 0 Å². The lowest BCUT2D eigenvalue weighted by Crippen LogP contribution is -2.38. The van der Waals surface area contributed by atoms with E-state index in [9.17, 15) is 9.59 Å². The maximum absolute atomic E-state index is 12.5. The molecule has 0 bridgehead atoms. The Morgan fingerprint density at radius 1 is 1.19 bits per heavy atom. The highest BCUT2D eigenvalue weighted by Crippen LogP contribution is 2.18. The fourth-order valence-corrected chi connectivity index (χ4v) is 3.28. The summed E-state index contributed by atoms with van der Waals surface area (Å²) in [6, 6.07) is 11.8. The molecule has 0 saturated heterocycles. The number of rotatable bonds is 4. The lowest BCUT2D eigenvalue weighted by Gasteiger charge is -2.28. The van der Waals surface area contributed by atoms with Crippen LogP contribution in [0.5, 0.6) is 0 Å². The van der Waals surface area contributed by atoms with E-state index in [0.717, 1.165) is 17.5 Å². The van der Waals surface area contributed by atoms with E-state index in [1.807, 2.05) is 24.4 Å². The molecule has 26 heavy (non-hydrogen) atoms. The highest BCUT2D eigenvalue weighted by atomic mass is 16.2. The van der Waals surface area contributed by atoms with Crippen molar-refractivity contribution in [3.63, 3.8) is 0 Å². The lowest BCUT2D eigenvalue weighted by atomic mass is 10.0. The number of hydrogen-bond acceptors (Lipinski definition) is 4. The van der Waals surface area contributed by atoms with Crippen LogP contribution in [-0.2, 0) is 25.9 Å². The van der Waals surface area contributed by atoms with Gasteiger partial charge < -0.3 is 9.47 Å². The smallest absolute Gasteiger partial charge is 0.291 e. The second-order valence-electron chi connectivity index (χ2n) is 6.40. The Bertz CT molecular complexity index is 963. The Morgan fingerprint density at radius 3 is 2.81 bits per heavy atom. The third kappa shape index (κ3) is 3.28. The van der Waals surface area contributed by atoms with Crippen LogP contribution in [0.25, 0.3) is 0 Å². The SMILES string of the molecule is O=C(c1ncn[nH]1)N1CCc2cc(=O)n(CCc3ccccc3)cc2C1. The number of aromatic amines is 1. The van der Waals surface area contributed by atoms with E-state index in [1.165, 1.54) is 11.9 Å². The van der Waals surface area contributed by atoms with Gasteiger partial charge in [0.2, 0.25) is 5.82 Å². The predicted octanol–water partition coefficient (Wildman–Crippen LogP) is 1.41. The first-order valence-electron chi connectivity index (χ1n) is 8.61. The van der Waals surface area contributed by atoms with Crippen LogP contribution in [0.15, 0.2) is 53.7 Å². The van der Waals surface area contributed by atoms with Crippen molar-refractivity contribution >= 4 is 5.91 Å². The van der Waals surface area contributed by atoms with Crippen molar-refractivity contribution in [2.75, 3.05) is 6.54 Å². The first kappa shape index (κ1) is 16.3. The van der Waals surface area contributed by atoms with Crippen LogP contribution >= 0.6 is 0 Å². The summed E-state index contributed by atoms with van der Waals surface area (Å²) < 4.78 is 1.73. The number of amides is 1.